The molecule has 0 saturated carbocycles. The fourth-order valence-corrected chi connectivity index (χ4v) is 2.91. The van der Waals surface area contributed by atoms with Crippen LogP contribution in [0.5, 0.6) is 5.75 Å². The third-order valence-electron chi connectivity index (χ3n) is 4.33. The van der Waals surface area contributed by atoms with Crippen LogP contribution < -0.4 is 10.1 Å². The Bertz CT molecular complexity index is 841. The van der Waals surface area contributed by atoms with Gasteiger partial charge in [-0.1, -0.05) is 29.4 Å². The van der Waals surface area contributed by atoms with Crippen molar-refractivity contribution in [3.63, 3.8) is 0 Å². The maximum absolute atomic E-state index is 13.4. The molecule has 1 heterocycles. The minimum atomic E-state index is -0.315. The van der Waals surface area contributed by atoms with E-state index in [-0.39, 0.29) is 18.0 Å². The normalized spacial score (nSPS) is 15.7. The Balaban J connectivity index is 1.60. The van der Waals surface area contributed by atoms with Gasteiger partial charge < -0.3 is 19.8 Å². The maximum Gasteiger partial charge on any atom is 0.322 e. The van der Waals surface area contributed by atoms with E-state index < -0.39 is 0 Å². The Labute approximate surface area is 157 Å². The molecule has 1 N–H and O–H groups in total. The van der Waals surface area contributed by atoms with Crippen molar-refractivity contribution in [1.82, 2.24) is 4.90 Å². The number of anilines is 1. The predicted octanol–water partition coefficient (Wildman–Crippen LogP) is 3.88. The van der Waals surface area contributed by atoms with Crippen LogP contribution >= 0.6 is 0 Å². The molecule has 0 spiro atoms. The van der Waals surface area contributed by atoms with E-state index in [0.29, 0.717) is 42.2 Å². The molecule has 0 bridgehead atoms. The number of likely N-dealkylation sites (N-methyl/N-ethyl adjacent to an activating group) is 1. The van der Waals surface area contributed by atoms with E-state index in [2.05, 4.69) is 10.5 Å². The summed E-state index contributed by atoms with van der Waals surface area (Å²) in [4.78, 5) is 19.7. The average Bonchev–Trinajstić information content (AvgIpc) is 3.15. The minimum Gasteiger partial charge on any atom is -0.495 e. The molecule has 142 valence electrons. The number of halogens is 1. The molecule has 6 nitrogen and oxygen atoms in total. The summed E-state index contributed by atoms with van der Waals surface area (Å²) in [6, 6.07) is 13.2. The number of amides is 2. The van der Waals surface area contributed by atoms with Gasteiger partial charge in [0.25, 0.3) is 0 Å². The van der Waals surface area contributed by atoms with E-state index >= 15 is 0 Å². The molecule has 1 aliphatic heterocycles. The van der Waals surface area contributed by atoms with Gasteiger partial charge in [0.2, 0.25) is 0 Å². The molecule has 0 aromatic heterocycles. The Kier molecular flexibility index (Phi) is 5.90. The lowest BCUT2D eigenvalue weighted by molar-refractivity contribution is 0.0633. The zero-order valence-electron chi connectivity index (χ0n) is 15.3. The summed E-state index contributed by atoms with van der Waals surface area (Å²) in [5.41, 5.74) is 1.98. The lowest BCUT2D eigenvalue weighted by Crippen LogP contribution is -2.40. The molecule has 0 aliphatic carbocycles. The van der Waals surface area contributed by atoms with Crippen molar-refractivity contribution in [1.29, 1.82) is 0 Å². The van der Waals surface area contributed by atoms with Gasteiger partial charge >= 0.3 is 6.03 Å². The SMILES string of the molecule is CCN(CC1CC(c2cccc(F)c2)=NO1)C(=O)Nc1ccccc1OC. The molecular weight excluding hydrogens is 349 g/mol. The van der Waals surface area contributed by atoms with Crippen molar-refractivity contribution in [2.45, 2.75) is 19.4 Å². The number of urea groups is 1. The zero-order chi connectivity index (χ0) is 19.2. The second-order valence-electron chi connectivity index (χ2n) is 6.15. The summed E-state index contributed by atoms with van der Waals surface area (Å²) in [5.74, 6) is 0.278. The van der Waals surface area contributed by atoms with E-state index in [1.807, 2.05) is 19.1 Å². The monoisotopic (exact) mass is 371 g/mol. The van der Waals surface area contributed by atoms with E-state index in [1.165, 1.54) is 12.1 Å². The summed E-state index contributed by atoms with van der Waals surface area (Å²) < 4.78 is 18.6. The standard InChI is InChI=1S/C20H22FN3O3/c1-3-24(20(25)22-17-9-4-5-10-19(17)26-2)13-16-12-18(23-27-16)14-7-6-8-15(21)11-14/h4-11,16H,3,12-13H2,1-2H3,(H,22,25). The smallest absolute Gasteiger partial charge is 0.322 e. The third kappa shape index (κ3) is 4.55. The van der Waals surface area contributed by atoms with Crippen LogP contribution in [-0.4, -0.2) is 42.9 Å². The van der Waals surface area contributed by atoms with E-state index in [1.54, 1.807) is 36.3 Å². The summed E-state index contributed by atoms with van der Waals surface area (Å²) >= 11 is 0. The predicted molar refractivity (Wildman–Crippen MR) is 102 cm³/mol. The van der Waals surface area contributed by atoms with E-state index in [9.17, 15) is 9.18 Å². The fraction of sp³-hybridized carbons (Fsp3) is 0.300. The van der Waals surface area contributed by atoms with Crippen LogP contribution in [0.4, 0.5) is 14.9 Å². The summed E-state index contributed by atoms with van der Waals surface area (Å²) in [6.45, 7) is 2.78. The molecule has 1 aliphatic rings. The summed E-state index contributed by atoms with van der Waals surface area (Å²) in [6.07, 6.45) is 0.244. The van der Waals surface area contributed by atoms with Gasteiger partial charge in [0.15, 0.2) is 6.10 Å². The largest absolute Gasteiger partial charge is 0.495 e. The number of carbonyl (C=O) groups excluding carboxylic acids is 1. The number of methoxy groups -OCH3 is 1. The van der Waals surface area contributed by atoms with Crippen molar-refractivity contribution < 1.29 is 18.8 Å². The van der Waals surface area contributed by atoms with Gasteiger partial charge in [0.1, 0.15) is 11.6 Å². The topological polar surface area (TPSA) is 63.2 Å². The number of rotatable bonds is 6. The van der Waals surface area contributed by atoms with Crippen molar-refractivity contribution in [3.05, 3.63) is 59.9 Å². The number of para-hydroxylation sites is 2. The van der Waals surface area contributed by atoms with Gasteiger partial charge in [0, 0.05) is 18.5 Å². The fourth-order valence-electron chi connectivity index (χ4n) is 2.91. The molecule has 2 amide bonds. The highest BCUT2D eigenvalue weighted by Crippen LogP contribution is 2.24. The van der Waals surface area contributed by atoms with E-state index in [0.717, 1.165) is 0 Å². The molecule has 27 heavy (non-hydrogen) atoms. The molecule has 2 aromatic carbocycles. The van der Waals surface area contributed by atoms with Crippen molar-refractivity contribution in [3.8, 4) is 5.75 Å². The van der Waals surface area contributed by atoms with Gasteiger partial charge in [-0.2, -0.15) is 0 Å². The molecule has 0 fully saturated rings. The molecule has 1 atom stereocenters. The number of hydrogen-bond donors (Lipinski definition) is 1. The Morgan fingerprint density at radius 1 is 1.33 bits per heavy atom. The first-order valence-electron chi connectivity index (χ1n) is 8.78. The molecule has 1 unspecified atom stereocenters. The van der Waals surface area contributed by atoms with Gasteiger partial charge in [0.05, 0.1) is 25.1 Å². The number of oxime groups is 1. The number of ether oxygens (including phenoxy) is 1. The highest BCUT2D eigenvalue weighted by atomic mass is 19.1. The van der Waals surface area contributed by atoms with Crippen LogP contribution in [0.2, 0.25) is 0 Å². The van der Waals surface area contributed by atoms with Crippen molar-refractivity contribution >= 4 is 17.4 Å². The Morgan fingerprint density at radius 2 is 2.15 bits per heavy atom. The van der Waals surface area contributed by atoms with Crippen LogP contribution in [0.25, 0.3) is 0 Å². The molecule has 3 rings (SSSR count). The van der Waals surface area contributed by atoms with Crippen LogP contribution in [0.3, 0.4) is 0 Å². The highest BCUT2D eigenvalue weighted by molar-refractivity contribution is 6.01. The van der Waals surface area contributed by atoms with Crippen molar-refractivity contribution in [2.24, 2.45) is 5.16 Å². The van der Waals surface area contributed by atoms with Gasteiger partial charge in [-0.15, -0.1) is 0 Å². The van der Waals surface area contributed by atoms with E-state index in [4.69, 9.17) is 9.57 Å². The average molecular weight is 371 g/mol. The molecular formula is C20H22FN3O3. The van der Waals surface area contributed by atoms with Gasteiger partial charge in [-0.25, -0.2) is 9.18 Å². The molecule has 7 heteroatoms. The van der Waals surface area contributed by atoms with Crippen molar-refractivity contribution in [2.75, 3.05) is 25.5 Å². The highest BCUT2D eigenvalue weighted by Gasteiger charge is 2.26. The molecule has 0 radical (unpaired) electrons. The van der Waals surface area contributed by atoms with Crippen LogP contribution in [0, 0.1) is 5.82 Å². The lowest BCUT2D eigenvalue weighted by Gasteiger charge is -2.24. The second kappa shape index (κ2) is 8.53. The summed E-state index contributed by atoms with van der Waals surface area (Å²) in [7, 11) is 1.56. The zero-order valence-corrected chi connectivity index (χ0v) is 15.3. The first-order chi connectivity index (χ1) is 13.1. The first-order valence-corrected chi connectivity index (χ1v) is 8.78. The summed E-state index contributed by atoms with van der Waals surface area (Å²) in [5, 5.41) is 6.91. The Morgan fingerprint density at radius 3 is 2.89 bits per heavy atom. The number of nitrogens with zero attached hydrogens (tertiary/aromatic N) is 2. The lowest BCUT2D eigenvalue weighted by atomic mass is 10.0. The maximum atomic E-state index is 13.4. The first kappa shape index (κ1) is 18.7. The van der Waals surface area contributed by atoms with Crippen LogP contribution in [-0.2, 0) is 4.84 Å². The number of hydrogen-bond acceptors (Lipinski definition) is 4. The van der Waals surface area contributed by atoms with Gasteiger partial charge in [-0.05, 0) is 31.2 Å². The second-order valence-corrected chi connectivity index (χ2v) is 6.15. The number of nitrogens with one attached hydrogen (secondary N) is 1. The number of carbonyl (C=O) groups is 1. The number of benzene rings is 2. The third-order valence-corrected chi connectivity index (χ3v) is 4.33. The van der Waals surface area contributed by atoms with Crippen LogP contribution in [0.1, 0.15) is 18.9 Å². The van der Waals surface area contributed by atoms with Crippen LogP contribution in [0.15, 0.2) is 53.7 Å². The molecule has 0 saturated heterocycles. The quantitative estimate of drug-likeness (QED) is 0.838. The molecule has 2 aromatic rings. The Hall–Kier alpha value is -3.09. The van der Waals surface area contributed by atoms with Gasteiger partial charge in [-0.3, -0.25) is 0 Å². The minimum absolute atomic E-state index is 0.246.